The average Bonchev–Trinajstić information content (AvgIpc) is 2.64. The molecule has 0 fully saturated rings. The van der Waals surface area contributed by atoms with Gasteiger partial charge in [-0.3, -0.25) is 0 Å². The fourth-order valence-electron chi connectivity index (χ4n) is 2.24. The van der Waals surface area contributed by atoms with Crippen molar-refractivity contribution in [2.75, 3.05) is 18.9 Å². The number of hydrogen-bond donors (Lipinski definition) is 1. The smallest absolute Gasteiger partial charge is 0.163 e. The second kappa shape index (κ2) is 3.58. The van der Waals surface area contributed by atoms with E-state index in [1.807, 2.05) is 18.3 Å². The van der Waals surface area contributed by atoms with E-state index in [4.69, 9.17) is 15.2 Å². The maximum Gasteiger partial charge on any atom is 0.163 e. The quantitative estimate of drug-likeness (QED) is 0.822. The fourth-order valence-corrected chi connectivity index (χ4v) is 2.24. The summed E-state index contributed by atoms with van der Waals surface area (Å²) in [5.41, 5.74) is 7.91. The highest BCUT2D eigenvalue weighted by molar-refractivity contribution is 5.94. The van der Waals surface area contributed by atoms with E-state index in [0.29, 0.717) is 19.3 Å². The third-order valence-electron chi connectivity index (χ3n) is 3.08. The van der Waals surface area contributed by atoms with Crippen LogP contribution in [0.5, 0.6) is 11.5 Å². The molecule has 0 saturated heterocycles. The maximum absolute atomic E-state index is 6.03. The standard InChI is InChI=1S/C13H16N2O2/c1-8(2)15-7-10(14)9-5-12-13(6-11(9)15)17-4-3-16-12/h5-8H,3-4,14H2,1-2H3. The van der Waals surface area contributed by atoms with Gasteiger partial charge in [0.25, 0.3) is 0 Å². The fraction of sp³-hybridized carbons (Fsp3) is 0.385. The SMILES string of the molecule is CC(C)n1cc(N)c2cc3c(cc21)OCCO3. The second-order valence-corrected chi connectivity index (χ2v) is 4.60. The Labute approximate surface area is 99.9 Å². The van der Waals surface area contributed by atoms with E-state index in [1.54, 1.807) is 0 Å². The zero-order chi connectivity index (χ0) is 12.0. The lowest BCUT2D eigenvalue weighted by Gasteiger charge is -2.19. The largest absolute Gasteiger partial charge is 0.486 e. The van der Waals surface area contributed by atoms with Crippen molar-refractivity contribution in [2.45, 2.75) is 19.9 Å². The molecule has 4 heteroatoms. The van der Waals surface area contributed by atoms with Crippen LogP contribution in [0.1, 0.15) is 19.9 Å². The molecule has 2 N–H and O–H groups in total. The normalized spacial score (nSPS) is 14.5. The van der Waals surface area contributed by atoms with Crippen molar-refractivity contribution in [1.82, 2.24) is 4.57 Å². The van der Waals surface area contributed by atoms with Crippen LogP contribution in [0.2, 0.25) is 0 Å². The molecule has 0 bridgehead atoms. The predicted octanol–water partition coefficient (Wildman–Crippen LogP) is 2.58. The topological polar surface area (TPSA) is 49.4 Å². The minimum Gasteiger partial charge on any atom is -0.486 e. The Morgan fingerprint density at radius 3 is 2.47 bits per heavy atom. The number of ether oxygens (including phenoxy) is 2. The molecule has 1 aromatic carbocycles. The van der Waals surface area contributed by atoms with Crippen molar-refractivity contribution < 1.29 is 9.47 Å². The summed E-state index contributed by atoms with van der Waals surface area (Å²) in [6, 6.07) is 4.36. The van der Waals surface area contributed by atoms with Crippen LogP contribution in [0.4, 0.5) is 5.69 Å². The Hall–Kier alpha value is -1.84. The highest BCUT2D eigenvalue weighted by Crippen LogP contribution is 2.38. The Kier molecular flexibility index (Phi) is 2.18. The van der Waals surface area contributed by atoms with Crippen molar-refractivity contribution in [3.63, 3.8) is 0 Å². The molecule has 0 unspecified atom stereocenters. The van der Waals surface area contributed by atoms with E-state index >= 15 is 0 Å². The Morgan fingerprint density at radius 2 is 1.82 bits per heavy atom. The number of fused-ring (bicyclic) bond motifs is 2. The molecule has 17 heavy (non-hydrogen) atoms. The monoisotopic (exact) mass is 232 g/mol. The summed E-state index contributed by atoms with van der Waals surface area (Å²) in [6.45, 7) is 5.48. The Bertz CT molecular complexity index is 572. The number of rotatable bonds is 1. The van der Waals surface area contributed by atoms with Gasteiger partial charge in [-0.15, -0.1) is 0 Å². The molecular formula is C13H16N2O2. The molecule has 3 rings (SSSR count). The van der Waals surface area contributed by atoms with Gasteiger partial charge in [-0.05, 0) is 19.9 Å². The molecule has 0 amide bonds. The van der Waals surface area contributed by atoms with Crippen LogP contribution < -0.4 is 15.2 Å². The number of nitrogens with zero attached hydrogens (tertiary/aromatic N) is 1. The molecular weight excluding hydrogens is 216 g/mol. The summed E-state index contributed by atoms with van der Waals surface area (Å²) in [7, 11) is 0. The number of anilines is 1. The Balaban J connectivity index is 2.27. The van der Waals surface area contributed by atoms with Crippen LogP contribution in [-0.4, -0.2) is 17.8 Å². The number of hydrogen-bond acceptors (Lipinski definition) is 3. The molecule has 0 atom stereocenters. The van der Waals surface area contributed by atoms with Gasteiger partial charge in [0, 0.05) is 23.7 Å². The van der Waals surface area contributed by atoms with Gasteiger partial charge in [0.05, 0.1) is 11.2 Å². The van der Waals surface area contributed by atoms with Gasteiger partial charge >= 0.3 is 0 Å². The summed E-state index contributed by atoms with van der Waals surface area (Å²) < 4.78 is 13.3. The van der Waals surface area contributed by atoms with E-state index in [0.717, 1.165) is 28.1 Å². The summed E-state index contributed by atoms with van der Waals surface area (Å²) >= 11 is 0. The number of nitrogens with two attached hydrogens (primary N) is 1. The molecule has 2 heterocycles. The van der Waals surface area contributed by atoms with Crippen molar-refractivity contribution in [1.29, 1.82) is 0 Å². The molecule has 0 radical (unpaired) electrons. The first-order chi connectivity index (χ1) is 8.16. The van der Waals surface area contributed by atoms with Crippen LogP contribution in [0.3, 0.4) is 0 Å². The van der Waals surface area contributed by atoms with Crippen LogP contribution in [0.15, 0.2) is 18.3 Å². The molecule has 1 aliphatic heterocycles. The van der Waals surface area contributed by atoms with E-state index < -0.39 is 0 Å². The van der Waals surface area contributed by atoms with E-state index in [-0.39, 0.29) is 0 Å². The van der Waals surface area contributed by atoms with Crippen LogP contribution in [0, 0.1) is 0 Å². The first kappa shape index (κ1) is 10.3. The highest BCUT2D eigenvalue weighted by Gasteiger charge is 2.17. The zero-order valence-electron chi connectivity index (χ0n) is 10.1. The summed E-state index contributed by atoms with van der Waals surface area (Å²) in [5.74, 6) is 1.60. The molecule has 1 aromatic heterocycles. The number of aromatic nitrogens is 1. The number of benzene rings is 1. The summed E-state index contributed by atoms with van der Waals surface area (Å²) in [5, 5.41) is 1.03. The van der Waals surface area contributed by atoms with E-state index in [9.17, 15) is 0 Å². The van der Waals surface area contributed by atoms with Crippen LogP contribution in [0.25, 0.3) is 10.9 Å². The third-order valence-corrected chi connectivity index (χ3v) is 3.08. The van der Waals surface area contributed by atoms with Gasteiger partial charge in [-0.25, -0.2) is 0 Å². The van der Waals surface area contributed by atoms with Crippen molar-refractivity contribution in [2.24, 2.45) is 0 Å². The second-order valence-electron chi connectivity index (χ2n) is 4.60. The Morgan fingerprint density at radius 1 is 1.18 bits per heavy atom. The van der Waals surface area contributed by atoms with Crippen LogP contribution >= 0.6 is 0 Å². The van der Waals surface area contributed by atoms with E-state index in [1.165, 1.54) is 0 Å². The van der Waals surface area contributed by atoms with Gasteiger partial charge in [0.15, 0.2) is 11.5 Å². The summed E-state index contributed by atoms with van der Waals surface area (Å²) in [4.78, 5) is 0. The lowest BCUT2D eigenvalue weighted by molar-refractivity contribution is 0.172. The molecule has 4 nitrogen and oxygen atoms in total. The van der Waals surface area contributed by atoms with Crippen LogP contribution in [-0.2, 0) is 0 Å². The minimum atomic E-state index is 0.373. The first-order valence-electron chi connectivity index (χ1n) is 5.86. The highest BCUT2D eigenvalue weighted by atomic mass is 16.6. The maximum atomic E-state index is 6.03. The summed E-state index contributed by atoms with van der Waals surface area (Å²) in [6.07, 6.45) is 1.97. The van der Waals surface area contributed by atoms with Crippen molar-refractivity contribution in [3.8, 4) is 11.5 Å². The van der Waals surface area contributed by atoms with Gasteiger partial charge in [-0.2, -0.15) is 0 Å². The average molecular weight is 232 g/mol. The van der Waals surface area contributed by atoms with E-state index in [2.05, 4.69) is 18.4 Å². The predicted molar refractivity (Wildman–Crippen MR) is 67.7 cm³/mol. The lowest BCUT2D eigenvalue weighted by atomic mass is 10.2. The molecule has 1 aliphatic rings. The van der Waals surface area contributed by atoms with Gasteiger partial charge in [0.2, 0.25) is 0 Å². The molecule has 0 aliphatic carbocycles. The van der Waals surface area contributed by atoms with Gasteiger partial charge < -0.3 is 19.8 Å². The lowest BCUT2D eigenvalue weighted by Crippen LogP contribution is -2.15. The zero-order valence-corrected chi connectivity index (χ0v) is 10.1. The van der Waals surface area contributed by atoms with Crippen molar-refractivity contribution >= 4 is 16.6 Å². The molecule has 0 spiro atoms. The third kappa shape index (κ3) is 1.52. The molecule has 0 saturated carbocycles. The molecule has 90 valence electrons. The van der Waals surface area contributed by atoms with Gasteiger partial charge in [-0.1, -0.05) is 0 Å². The first-order valence-corrected chi connectivity index (χ1v) is 5.86. The molecule has 2 aromatic rings. The van der Waals surface area contributed by atoms with Gasteiger partial charge in [0.1, 0.15) is 13.2 Å². The number of nitrogen functional groups attached to an aromatic ring is 1. The van der Waals surface area contributed by atoms with Crippen molar-refractivity contribution in [3.05, 3.63) is 18.3 Å². The minimum absolute atomic E-state index is 0.373.